The molecule has 0 amide bonds. The summed E-state index contributed by atoms with van der Waals surface area (Å²) >= 11 is 3.64. The molecule has 3 rings (SSSR count). The molecular weight excluding hydrogens is 290 g/mol. The van der Waals surface area contributed by atoms with Crippen LogP contribution in [0.5, 0.6) is 5.75 Å². The number of methoxy groups -OCH3 is 1. The van der Waals surface area contributed by atoms with E-state index in [1.807, 2.05) is 12.1 Å². The van der Waals surface area contributed by atoms with Crippen LogP contribution in [0.15, 0.2) is 18.2 Å². The molecule has 0 aliphatic heterocycles. The topological polar surface area (TPSA) is 22.1 Å². The molecule has 94 valence electrons. The minimum absolute atomic E-state index is 0.878. The summed E-state index contributed by atoms with van der Waals surface area (Å²) < 4.78 is 5.44. The van der Waals surface area contributed by atoms with E-state index in [1.165, 1.54) is 35.0 Å². The molecule has 1 aromatic heterocycles. The maximum absolute atomic E-state index is 5.44. The van der Waals surface area contributed by atoms with Crippen LogP contribution in [-0.4, -0.2) is 12.1 Å². The Balaban J connectivity index is 2.36. The van der Waals surface area contributed by atoms with Crippen LogP contribution in [0, 0.1) is 0 Å². The van der Waals surface area contributed by atoms with Gasteiger partial charge >= 0.3 is 0 Å². The zero-order valence-electron chi connectivity index (χ0n) is 10.5. The monoisotopic (exact) mass is 305 g/mol. The summed E-state index contributed by atoms with van der Waals surface area (Å²) in [5.41, 5.74) is 5.13. The van der Waals surface area contributed by atoms with Gasteiger partial charge in [0.1, 0.15) is 11.3 Å². The zero-order chi connectivity index (χ0) is 12.5. The van der Waals surface area contributed by atoms with Crippen molar-refractivity contribution in [2.45, 2.75) is 31.0 Å². The standard InChI is InChI=1S/C15H16BrNO/c1-18-14-8-4-6-11-12(9-16)10-5-2-3-7-13(10)17-15(11)14/h4,6,8H,2-3,5,7,9H2,1H3. The molecule has 0 unspecified atom stereocenters. The van der Waals surface area contributed by atoms with Gasteiger partial charge in [-0.1, -0.05) is 28.1 Å². The molecule has 0 radical (unpaired) electrons. The lowest BCUT2D eigenvalue weighted by molar-refractivity contribution is 0.418. The van der Waals surface area contributed by atoms with Gasteiger partial charge in [0, 0.05) is 16.4 Å². The highest BCUT2D eigenvalue weighted by Gasteiger charge is 2.18. The fourth-order valence-electron chi connectivity index (χ4n) is 2.83. The van der Waals surface area contributed by atoms with Crippen LogP contribution >= 0.6 is 15.9 Å². The van der Waals surface area contributed by atoms with E-state index in [1.54, 1.807) is 7.11 Å². The van der Waals surface area contributed by atoms with Crippen molar-refractivity contribution >= 4 is 26.8 Å². The summed E-state index contributed by atoms with van der Waals surface area (Å²) in [5.74, 6) is 0.878. The van der Waals surface area contributed by atoms with Gasteiger partial charge in [0.05, 0.1) is 7.11 Å². The number of ether oxygens (including phenoxy) is 1. The highest BCUT2D eigenvalue weighted by atomic mass is 79.9. The van der Waals surface area contributed by atoms with Gasteiger partial charge in [0.15, 0.2) is 0 Å². The first-order valence-electron chi connectivity index (χ1n) is 6.38. The number of hydrogen-bond acceptors (Lipinski definition) is 2. The number of para-hydroxylation sites is 1. The van der Waals surface area contributed by atoms with E-state index >= 15 is 0 Å². The average Bonchev–Trinajstić information content (AvgIpc) is 2.44. The quantitative estimate of drug-likeness (QED) is 0.782. The van der Waals surface area contributed by atoms with Crippen LogP contribution in [0.25, 0.3) is 10.9 Å². The van der Waals surface area contributed by atoms with Crippen molar-refractivity contribution in [2.75, 3.05) is 7.11 Å². The van der Waals surface area contributed by atoms with Gasteiger partial charge in [-0.3, -0.25) is 0 Å². The van der Waals surface area contributed by atoms with E-state index in [9.17, 15) is 0 Å². The Morgan fingerprint density at radius 2 is 2.11 bits per heavy atom. The number of rotatable bonds is 2. The third kappa shape index (κ3) is 1.81. The Hall–Kier alpha value is -1.09. The van der Waals surface area contributed by atoms with E-state index < -0.39 is 0 Å². The number of alkyl halides is 1. The Labute approximate surface area is 115 Å². The highest BCUT2D eigenvalue weighted by molar-refractivity contribution is 9.08. The number of aryl methyl sites for hydroxylation is 1. The first kappa shape index (κ1) is 12.0. The second kappa shape index (κ2) is 4.88. The molecule has 1 aromatic carbocycles. The number of fused-ring (bicyclic) bond motifs is 2. The normalized spacial score (nSPS) is 14.6. The molecule has 0 saturated heterocycles. The zero-order valence-corrected chi connectivity index (χ0v) is 12.1. The van der Waals surface area contributed by atoms with Crippen LogP contribution in [0.3, 0.4) is 0 Å². The fourth-order valence-corrected chi connectivity index (χ4v) is 3.47. The lowest BCUT2D eigenvalue weighted by atomic mass is 9.90. The van der Waals surface area contributed by atoms with Crippen molar-refractivity contribution in [2.24, 2.45) is 0 Å². The predicted octanol–water partition coefficient (Wildman–Crippen LogP) is 4.02. The van der Waals surface area contributed by atoms with Crippen molar-refractivity contribution in [3.05, 3.63) is 35.0 Å². The Morgan fingerprint density at radius 3 is 2.89 bits per heavy atom. The maximum Gasteiger partial charge on any atom is 0.145 e. The number of pyridine rings is 1. The van der Waals surface area contributed by atoms with E-state index in [4.69, 9.17) is 9.72 Å². The minimum Gasteiger partial charge on any atom is -0.494 e. The number of benzene rings is 1. The first-order chi connectivity index (χ1) is 8.85. The van der Waals surface area contributed by atoms with Crippen molar-refractivity contribution in [3.63, 3.8) is 0 Å². The lowest BCUT2D eigenvalue weighted by Gasteiger charge is -2.20. The predicted molar refractivity (Wildman–Crippen MR) is 77.6 cm³/mol. The van der Waals surface area contributed by atoms with Crippen LogP contribution < -0.4 is 4.74 Å². The second-order valence-electron chi connectivity index (χ2n) is 4.71. The van der Waals surface area contributed by atoms with Gasteiger partial charge in [0.2, 0.25) is 0 Å². The van der Waals surface area contributed by atoms with Crippen molar-refractivity contribution < 1.29 is 4.74 Å². The van der Waals surface area contributed by atoms with Crippen LogP contribution in [-0.2, 0) is 18.2 Å². The van der Waals surface area contributed by atoms with Gasteiger partial charge in [-0.15, -0.1) is 0 Å². The molecule has 0 spiro atoms. The molecule has 0 saturated carbocycles. The van der Waals surface area contributed by atoms with E-state index in [0.29, 0.717) is 0 Å². The Kier molecular flexibility index (Phi) is 3.25. The molecule has 3 heteroatoms. The molecule has 18 heavy (non-hydrogen) atoms. The van der Waals surface area contributed by atoms with E-state index in [2.05, 4.69) is 22.0 Å². The molecule has 0 atom stereocenters. The van der Waals surface area contributed by atoms with Crippen LogP contribution in [0.1, 0.15) is 29.7 Å². The van der Waals surface area contributed by atoms with Crippen molar-refractivity contribution in [3.8, 4) is 5.75 Å². The summed E-state index contributed by atoms with van der Waals surface area (Å²) in [6.07, 6.45) is 4.80. The molecule has 2 nitrogen and oxygen atoms in total. The molecule has 1 aliphatic rings. The summed E-state index contributed by atoms with van der Waals surface area (Å²) in [4.78, 5) is 4.85. The lowest BCUT2D eigenvalue weighted by Crippen LogP contribution is -2.09. The molecular formula is C15H16BrNO. The molecule has 1 heterocycles. The Bertz CT molecular complexity index is 595. The number of nitrogens with zero attached hydrogens (tertiary/aromatic N) is 1. The molecule has 0 N–H and O–H groups in total. The van der Waals surface area contributed by atoms with E-state index in [-0.39, 0.29) is 0 Å². The SMILES string of the molecule is COc1cccc2c(CBr)c3c(nc12)CCCC3. The van der Waals surface area contributed by atoms with Crippen molar-refractivity contribution in [1.82, 2.24) is 4.98 Å². The Morgan fingerprint density at radius 1 is 1.28 bits per heavy atom. The first-order valence-corrected chi connectivity index (χ1v) is 7.50. The molecule has 0 bridgehead atoms. The second-order valence-corrected chi connectivity index (χ2v) is 5.27. The summed E-state index contributed by atoms with van der Waals surface area (Å²) in [5, 5.41) is 2.12. The smallest absolute Gasteiger partial charge is 0.145 e. The molecule has 1 aliphatic carbocycles. The van der Waals surface area contributed by atoms with Crippen LogP contribution in [0.2, 0.25) is 0 Å². The van der Waals surface area contributed by atoms with Gasteiger partial charge in [-0.25, -0.2) is 4.98 Å². The molecule has 2 aromatic rings. The number of halogens is 1. The van der Waals surface area contributed by atoms with Gasteiger partial charge in [0.25, 0.3) is 0 Å². The van der Waals surface area contributed by atoms with Gasteiger partial charge < -0.3 is 4.74 Å². The third-order valence-corrected chi connectivity index (χ3v) is 4.29. The molecule has 0 fully saturated rings. The maximum atomic E-state index is 5.44. The number of aromatic nitrogens is 1. The van der Waals surface area contributed by atoms with Gasteiger partial charge in [-0.05, 0) is 42.9 Å². The highest BCUT2D eigenvalue weighted by Crippen LogP contribution is 2.34. The average molecular weight is 306 g/mol. The summed E-state index contributed by atoms with van der Waals surface area (Å²) in [6, 6.07) is 6.18. The fraction of sp³-hybridized carbons (Fsp3) is 0.400. The van der Waals surface area contributed by atoms with Crippen LogP contribution in [0.4, 0.5) is 0 Å². The number of hydrogen-bond donors (Lipinski definition) is 0. The van der Waals surface area contributed by atoms with Gasteiger partial charge in [-0.2, -0.15) is 0 Å². The van der Waals surface area contributed by atoms with Crippen molar-refractivity contribution in [1.29, 1.82) is 0 Å². The third-order valence-electron chi connectivity index (χ3n) is 3.73. The van der Waals surface area contributed by atoms with E-state index in [0.717, 1.165) is 29.4 Å². The summed E-state index contributed by atoms with van der Waals surface area (Å²) in [7, 11) is 1.71. The largest absolute Gasteiger partial charge is 0.494 e. The summed E-state index contributed by atoms with van der Waals surface area (Å²) in [6.45, 7) is 0. The minimum atomic E-state index is 0.878.